The molecule has 0 saturated heterocycles. The zero-order chi connectivity index (χ0) is 28.1. The van der Waals surface area contributed by atoms with E-state index in [-0.39, 0.29) is 11.9 Å². The first-order valence-electron chi connectivity index (χ1n) is 13.6. The molecule has 0 radical (unpaired) electrons. The Morgan fingerprint density at radius 1 is 1.05 bits per heavy atom. The summed E-state index contributed by atoms with van der Waals surface area (Å²) in [7, 11) is 0. The summed E-state index contributed by atoms with van der Waals surface area (Å²) in [6, 6.07) is 22.5. The number of alkyl halides is 1. The van der Waals surface area contributed by atoms with E-state index in [4.69, 9.17) is 21.3 Å². The Bertz CT molecular complexity index is 1560. The summed E-state index contributed by atoms with van der Waals surface area (Å²) in [5.74, 6) is 0.609. The number of rotatable bonds is 11. The van der Waals surface area contributed by atoms with Crippen molar-refractivity contribution < 1.29 is 9.53 Å². The molecule has 1 aromatic heterocycles. The second-order valence-corrected chi connectivity index (χ2v) is 10.5. The highest BCUT2D eigenvalue weighted by molar-refractivity contribution is 6.18. The minimum absolute atomic E-state index is 0.111. The van der Waals surface area contributed by atoms with Gasteiger partial charge in [-0.15, -0.1) is 16.7 Å². The molecule has 9 heteroatoms. The van der Waals surface area contributed by atoms with Crippen molar-refractivity contribution in [1.29, 1.82) is 0 Å². The minimum atomic E-state index is -0.165. The van der Waals surface area contributed by atoms with Crippen LogP contribution in [-0.4, -0.2) is 46.2 Å². The molecule has 206 valence electrons. The third kappa shape index (κ3) is 5.92. The van der Waals surface area contributed by atoms with Crippen molar-refractivity contribution in [2.45, 2.75) is 39.8 Å². The van der Waals surface area contributed by atoms with Crippen LogP contribution in [0.25, 0.3) is 22.2 Å². The molecule has 1 amide bonds. The van der Waals surface area contributed by atoms with E-state index in [1.54, 1.807) is 0 Å². The average molecular weight is 557 g/mol. The largest absolute Gasteiger partial charge is 0.465 e. The lowest BCUT2D eigenvalue weighted by Gasteiger charge is -2.19. The molecule has 5 rings (SSSR count). The number of nitrogens with zero attached hydrogens (tertiary/aromatic N) is 5. The van der Waals surface area contributed by atoms with E-state index in [2.05, 4.69) is 64.9 Å². The summed E-state index contributed by atoms with van der Waals surface area (Å²) in [4.78, 5) is 18.2. The van der Waals surface area contributed by atoms with Gasteiger partial charge in [0, 0.05) is 17.5 Å². The van der Waals surface area contributed by atoms with Crippen LogP contribution in [0.3, 0.4) is 0 Å². The fourth-order valence-corrected chi connectivity index (χ4v) is 5.24. The van der Waals surface area contributed by atoms with Crippen molar-refractivity contribution in [3.8, 4) is 17.1 Å². The number of carbonyl (C=O) groups is 1. The normalized spacial score (nSPS) is 13.6. The van der Waals surface area contributed by atoms with E-state index < -0.39 is 0 Å². The molecule has 1 aliphatic heterocycles. The Kier molecular flexibility index (Phi) is 8.55. The Morgan fingerprint density at radius 2 is 1.82 bits per heavy atom. The van der Waals surface area contributed by atoms with E-state index in [1.165, 1.54) is 0 Å². The quantitative estimate of drug-likeness (QED) is 0.208. The number of para-hydroxylation sites is 1. The van der Waals surface area contributed by atoms with Crippen LogP contribution in [0, 0.1) is 5.92 Å². The first-order chi connectivity index (χ1) is 19.5. The van der Waals surface area contributed by atoms with Gasteiger partial charge in [0.05, 0.1) is 35.5 Å². The van der Waals surface area contributed by atoms with E-state index in [9.17, 15) is 4.79 Å². The van der Waals surface area contributed by atoms with Gasteiger partial charge in [0.2, 0.25) is 0 Å². The summed E-state index contributed by atoms with van der Waals surface area (Å²) in [5.41, 5.74) is 7.10. The van der Waals surface area contributed by atoms with E-state index >= 15 is 0 Å². The van der Waals surface area contributed by atoms with Gasteiger partial charge in [-0.25, -0.2) is 0 Å². The van der Waals surface area contributed by atoms with Gasteiger partial charge in [-0.1, -0.05) is 68.4 Å². The summed E-state index contributed by atoms with van der Waals surface area (Å²) in [5, 5.41) is 15.1. The van der Waals surface area contributed by atoms with Crippen molar-refractivity contribution >= 4 is 34.3 Å². The molecule has 0 fully saturated rings. The highest BCUT2D eigenvalue weighted by Gasteiger charge is 2.22. The Balaban J connectivity index is 1.47. The van der Waals surface area contributed by atoms with Crippen molar-refractivity contribution in [3.63, 3.8) is 0 Å². The maximum Gasteiger partial charge on any atom is 0.297 e. The number of carbonyl (C=O) groups excluding carboxylic acids is 1. The Labute approximate surface area is 239 Å². The second kappa shape index (κ2) is 12.4. The predicted molar refractivity (Wildman–Crippen MR) is 160 cm³/mol. The van der Waals surface area contributed by atoms with Crippen LogP contribution < -0.4 is 10.1 Å². The number of amides is 1. The van der Waals surface area contributed by atoms with E-state index in [0.717, 1.165) is 39.9 Å². The molecular weight excluding hydrogens is 524 g/mol. The molecule has 1 N–H and O–H groups in total. The van der Waals surface area contributed by atoms with Crippen LogP contribution in [-0.2, 0) is 6.54 Å². The van der Waals surface area contributed by atoms with E-state index in [1.807, 2.05) is 47.9 Å². The summed E-state index contributed by atoms with van der Waals surface area (Å²) >= 11 is 6.18. The Morgan fingerprint density at radius 3 is 2.50 bits per heavy atom. The maximum absolute atomic E-state index is 13.4. The number of hydrogen-bond donors (Lipinski definition) is 1. The lowest BCUT2D eigenvalue weighted by molar-refractivity contribution is 0.0938. The van der Waals surface area contributed by atoms with Crippen molar-refractivity contribution in [1.82, 2.24) is 14.9 Å². The summed E-state index contributed by atoms with van der Waals surface area (Å²) < 4.78 is 7.89. The van der Waals surface area contributed by atoms with Gasteiger partial charge in [0.1, 0.15) is 6.54 Å². The molecule has 3 aromatic carbocycles. The molecule has 0 aliphatic carbocycles. The second-order valence-electron chi connectivity index (χ2n) is 10.2. The fraction of sp³-hybridized carbons (Fsp3) is 0.323. The number of nitrogens with one attached hydrogen (secondary N) is 1. The van der Waals surface area contributed by atoms with Gasteiger partial charge >= 0.3 is 0 Å². The fourth-order valence-electron chi connectivity index (χ4n) is 5.04. The maximum atomic E-state index is 13.4. The highest BCUT2D eigenvalue weighted by atomic mass is 35.5. The number of halogens is 1. The van der Waals surface area contributed by atoms with Crippen LogP contribution in [0.4, 0.5) is 0 Å². The smallest absolute Gasteiger partial charge is 0.297 e. The van der Waals surface area contributed by atoms with Gasteiger partial charge in [-0.2, -0.15) is 10.1 Å². The molecule has 1 atom stereocenters. The molecule has 2 heterocycles. The summed E-state index contributed by atoms with van der Waals surface area (Å²) in [6.45, 7) is 7.61. The molecular formula is C31H33ClN6O2. The lowest BCUT2D eigenvalue weighted by atomic mass is 9.96. The van der Waals surface area contributed by atoms with Gasteiger partial charge in [-0.3, -0.25) is 9.36 Å². The minimum Gasteiger partial charge on any atom is -0.465 e. The lowest BCUT2D eigenvalue weighted by Crippen LogP contribution is -2.37. The van der Waals surface area contributed by atoms with Gasteiger partial charge in [0.25, 0.3) is 11.9 Å². The SMILES string of the molecule is CCOc1nc2cccc(C(=O)NC(CCl)CC(C)C)c2n1Cc1ccc(-c2ccccc2C2=NN=NC2)cc1. The molecule has 0 spiro atoms. The van der Waals surface area contributed by atoms with Crippen LogP contribution >= 0.6 is 11.6 Å². The summed E-state index contributed by atoms with van der Waals surface area (Å²) in [6.07, 6.45) is 0.807. The van der Waals surface area contributed by atoms with Crippen LogP contribution in [0.5, 0.6) is 6.01 Å². The molecule has 0 bridgehead atoms. The zero-order valence-electron chi connectivity index (χ0n) is 23.0. The number of imidazole rings is 1. The third-order valence-electron chi connectivity index (χ3n) is 6.82. The highest BCUT2D eigenvalue weighted by Crippen LogP contribution is 2.29. The van der Waals surface area contributed by atoms with Gasteiger partial charge in [0.15, 0.2) is 0 Å². The number of fused-ring (bicyclic) bond motifs is 1. The van der Waals surface area contributed by atoms with Crippen LogP contribution in [0.1, 0.15) is 48.7 Å². The van der Waals surface area contributed by atoms with Crippen molar-refractivity contribution in [3.05, 3.63) is 83.4 Å². The third-order valence-corrected chi connectivity index (χ3v) is 7.19. The van der Waals surface area contributed by atoms with Crippen molar-refractivity contribution in [2.24, 2.45) is 21.4 Å². The first-order valence-corrected chi connectivity index (χ1v) is 14.1. The molecule has 8 nitrogen and oxygen atoms in total. The monoisotopic (exact) mass is 556 g/mol. The van der Waals surface area contributed by atoms with Crippen molar-refractivity contribution in [2.75, 3.05) is 19.0 Å². The molecule has 1 aliphatic rings. The molecule has 0 saturated carbocycles. The van der Waals surface area contributed by atoms with E-state index in [0.29, 0.717) is 48.6 Å². The topological polar surface area (TPSA) is 93.2 Å². The number of ether oxygens (including phenoxy) is 1. The standard InChI is InChI=1S/C31H33ClN6O2/c1-4-40-31-35-27-11-7-10-26(30(39)34-23(17-32)16-20(2)3)29(27)38(31)19-21-12-14-22(15-13-21)24-8-5-6-9-25(24)28-18-33-37-36-28/h5-15,20,23H,4,16-19H2,1-3H3,(H,34,39). The number of benzene rings is 3. The number of hydrogen-bond acceptors (Lipinski definition) is 6. The zero-order valence-corrected chi connectivity index (χ0v) is 23.7. The molecule has 40 heavy (non-hydrogen) atoms. The molecule has 1 unspecified atom stereocenters. The number of aromatic nitrogens is 2. The Hall–Kier alpha value is -4.04. The van der Waals surface area contributed by atoms with Gasteiger partial charge < -0.3 is 10.1 Å². The average Bonchev–Trinajstić information content (AvgIpc) is 3.62. The predicted octanol–water partition coefficient (Wildman–Crippen LogP) is 6.70. The van der Waals surface area contributed by atoms with Crippen LogP contribution in [0.2, 0.25) is 0 Å². The van der Waals surface area contributed by atoms with Gasteiger partial charge in [-0.05, 0) is 53.3 Å². The first kappa shape index (κ1) is 27.5. The van der Waals surface area contributed by atoms with Crippen LogP contribution in [0.15, 0.2) is 82.2 Å². The molecule has 4 aromatic rings.